The molecule has 0 unspecified atom stereocenters. The quantitative estimate of drug-likeness (QED) is 0.806. The summed E-state index contributed by atoms with van der Waals surface area (Å²) in [6, 6.07) is 6.82. The molecule has 0 saturated carbocycles. The van der Waals surface area contributed by atoms with Crippen LogP contribution < -0.4 is 9.47 Å². The van der Waals surface area contributed by atoms with E-state index in [2.05, 4.69) is 0 Å². The summed E-state index contributed by atoms with van der Waals surface area (Å²) in [6.45, 7) is 1.77. The number of carboxylic acids is 1. The molecule has 4 nitrogen and oxygen atoms in total. The first-order valence-corrected chi connectivity index (χ1v) is 4.71. The minimum absolute atomic E-state index is 0.432. The van der Waals surface area contributed by atoms with Gasteiger partial charge in [0.1, 0.15) is 11.5 Å². The highest BCUT2D eigenvalue weighted by atomic mass is 16.5. The van der Waals surface area contributed by atoms with Gasteiger partial charge >= 0.3 is 5.97 Å². The molecular weight excluding hydrogens is 196 g/mol. The topological polar surface area (TPSA) is 55.8 Å². The molecule has 0 aliphatic heterocycles. The van der Waals surface area contributed by atoms with Crippen molar-refractivity contribution >= 4 is 5.97 Å². The summed E-state index contributed by atoms with van der Waals surface area (Å²) in [5.74, 6) is 0.295. The Morgan fingerprint density at radius 3 is 2.27 bits per heavy atom. The van der Waals surface area contributed by atoms with Crippen LogP contribution in [0.2, 0.25) is 0 Å². The first-order chi connectivity index (χ1) is 7.17. The van der Waals surface area contributed by atoms with Gasteiger partial charge in [0.25, 0.3) is 0 Å². The fourth-order valence-corrected chi connectivity index (χ4v) is 1.13. The van der Waals surface area contributed by atoms with Gasteiger partial charge in [-0.05, 0) is 30.7 Å². The number of rotatable bonds is 5. The van der Waals surface area contributed by atoms with Crippen LogP contribution in [-0.4, -0.2) is 24.3 Å². The Labute approximate surface area is 88.4 Å². The van der Waals surface area contributed by atoms with Crippen LogP contribution in [0.5, 0.6) is 11.5 Å². The lowest BCUT2D eigenvalue weighted by molar-refractivity contribution is -0.145. The van der Waals surface area contributed by atoms with Crippen molar-refractivity contribution in [2.45, 2.75) is 19.4 Å². The zero-order chi connectivity index (χ0) is 11.3. The van der Waals surface area contributed by atoms with Crippen molar-refractivity contribution < 1.29 is 19.4 Å². The van der Waals surface area contributed by atoms with Crippen LogP contribution in [-0.2, 0) is 4.79 Å². The van der Waals surface area contributed by atoms with Crippen LogP contribution in [0.25, 0.3) is 0 Å². The molecule has 82 valence electrons. The molecule has 1 aromatic carbocycles. The Kier molecular flexibility index (Phi) is 3.97. The third-order valence-electron chi connectivity index (χ3n) is 1.98. The zero-order valence-electron chi connectivity index (χ0n) is 8.77. The number of aliphatic carboxylic acids is 1. The van der Waals surface area contributed by atoms with E-state index < -0.39 is 12.1 Å². The van der Waals surface area contributed by atoms with E-state index in [4.69, 9.17) is 14.6 Å². The molecule has 1 N–H and O–H groups in total. The highest BCUT2D eigenvalue weighted by Crippen LogP contribution is 2.18. The van der Waals surface area contributed by atoms with Crippen LogP contribution >= 0.6 is 0 Å². The molecule has 4 heteroatoms. The minimum Gasteiger partial charge on any atom is -0.497 e. The fourth-order valence-electron chi connectivity index (χ4n) is 1.13. The lowest BCUT2D eigenvalue weighted by atomic mass is 10.2. The largest absolute Gasteiger partial charge is 0.497 e. The van der Waals surface area contributed by atoms with Gasteiger partial charge in [-0.15, -0.1) is 0 Å². The molecule has 0 heterocycles. The van der Waals surface area contributed by atoms with Gasteiger partial charge in [0.2, 0.25) is 0 Å². The van der Waals surface area contributed by atoms with Gasteiger partial charge < -0.3 is 14.6 Å². The zero-order valence-corrected chi connectivity index (χ0v) is 8.77. The Balaban J connectivity index is 2.67. The summed E-state index contributed by atoms with van der Waals surface area (Å²) >= 11 is 0. The molecule has 15 heavy (non-hydrogen) atoms. The number of carboxylic acid groups (broad SMARTS) is 1. The molecule has 1 rings (SSSR count). The minimum atomic E-state index is -0.951. The third-order valence-corrected chi connectivity index (χ3v) is 1.98. The molecule has 1 aromatic rings. The predicted octanol–water partition coefficient (Wildman–Crippen LogP) is 1.94. The van der Waals surface area contributed by atoms with Crippen LogP contribution in [0, 0.1) is 0 Å². The third kappa shape index (κ3) is 3.16. The van der Waals surface area contributed by atoms with E-state index in [1.54, 1.807) is 38.3 Å². The molecule has 0 aromatic heterocycles. The van der Waals surface area contributed by atoms with Gasteiger partial charge in [-0.25, -0.2) is 4.79 Å². The summed E-state index contributed by atoms with van der Waals surface area (Å²) in [4.78, 5) is 10.7. The Bertz CT molecular complexity index is 318. The van der Waals surface area contributed by atoms with E-state index in [9.17, 15) is 4.79 Å². The molecule has 0 amide bonds. The van der Waals surface area contributed by atoms with Gasteiger partial charge in [0, 0.05) is 0 Å². The number of hydrogen-bond acceptors (Lipinski definition) is 3. The van der Waals surface area contributed by atoms with Crippen LogP contribution in [0.1, 0.15) is 13.3 Å². The van der Waals surface area contributed by atoms with E-state index in [0.717, 1.165) is 0 Å². The Morgan fingerprint density at radius 2 is 1.87 bits per heavy atom. The predicted molar refractivity (Wildman–Crippen MR) is 55.3 cm³/mol. The van der Waals surface area contributed by atoms with Crippen molar-refractivity contribution in [2.75, 3.05) is 7.11 Å². The van der Waals surface area contributed by atoms with Gasteiger partial charge in [0.15, 0.2) is 6.10 Å². The maximum atomic E-state index is 10.7. The van der Waals surface area contributed by atoms with Crippen molar-refractivity contribution in [1.82, 2.24) is 0 Å². The average molecular weight is 210 g/mol. The fraction of sp³-hybridized carbons (Fsp3) is 0.364. The van der Waals surface area contributed by atoms with E-state index in [1.165, 1.54) is 0 Å². The van der Waals surface area contributed by atoms with Crippen molar-refractivity contribution in [1.29, 1.82) is 0 Å². The van der Waals surface area contributed by atoms with Gasteiger partial charge in [-0.1, -0.05) is 6.92 Å². The number of methoxy groups -OCH3 is 1. The molecule has 0 radical (unpaired) electrons. The first-order valence-electron chi connectivity index (χ1n) is 4.71. The van der Waals surface area contributed by atoms with Crippen molar-refractivity contribution in [3.05, 3.63) is 24.3 Å². The number of carbonyl (C=O) groups is 1. The van der Waals surface area contributed by atoms with E-state index in [-0.39, 0.29) is 0 Å². The highest BCUT2D eigenvalue weighted by Gasteiger charge is 2.16. The van der Waals surface area contributed by atoms with Gasteiger partial charge in [0.05, 0.1) is 7.11 Å². The summed E-state index contributed by atoms with van der Waals surface area (Å²) in [5, 5.41) is 8.79. The molecule has 0 spiro atoms. The summed E-state index contributed by atoms with van der Waals surface area (Å²) < 4.78 is 10.2. The molecule has 0 fully saturated rings. The van der Waals surface area contributed by atoms with Crippen molar-refractivity contribution in [2.24, 2.45) is 0 Å². The summed E-state index contributed by atoms with van der Waals surface area (Å²) in [7, 11) is 1.57. The highest BCUT2D eigenvalue weighted by molar-refractivity contribution is 5.72. The van der Waals surface area contributed by atoms with Crippen LogP contribution in [0.3, 0.4) is 0 Å². The smallest absolute Gasteiger partial charge is 0.344 e. The summed E-state index contributed by atoms with van der Waals surface area (Å²) in [6.07, 6.45) is -0.361. The number of benzene rings is 1. The molecular formula is C11H14O4. The Hall–Kier alpha value is -1.71. The number of ether oxygens (including phenoxy) is 2. The second-order valence-corrected chi connectivity index (χ2v) is 3.03. The maximum absolute atomic E-state index is 10.7. The van der Waals surface area contributed by atoms with E-state index in [0.29, 0.717) is 17.9 Å². The first kappa shape index (κ1) is 11.4. The summed E-state index contributed by atoms with van der Waals surface area (Å²) in [5.41, 5.74) is 0. The molecule has 0 aliphatic rings. The second-order valence-electron chi connectivity index (χ2n) is 3.03. The van der Waals surface area contributed by atoms with Gasteiger partial charge in [-0.3, -0.25) is 0 Å². The Morgan fingerprint density at radius 1 is 1.33 bits per heavy atom. The van der Waals surface area contributed by atoms with Crippen molar-refractivity contribution in [3.63, 3.8) is 0 Å². The molecule has 0 aliphatic carbocycles. The van der Waals surface area contributed by atoms with E-state index in [1.807, 2.05) is 0 Å². The average Bonchev–Trinajstić information content (AvgIpc) is 2.26. The molecule has 0 saturated heterocycles. The molecule has 1 atom stereocenters. The SMILES string of the molecule is CC[C@H](Oc1ccc(OC)cc1)C(=O)O. The monoisotopic (exact) mass is 210 g/mol. The normalized spacial score (nSPS) is 11.9. The van der Waals surface area contributed by atoms with Crippen molar-refractivity contribution in [3.8, 4) is 11.5 Å². The standard InChI is InChI=1S/C11H14O4/c1-3-10(11(12)13)15-9-6-4-8(14-2)5-7-9/h4-7,10H,3H2,1-2H3,(H,12,13)/t10-/m0/s1. The lowest BCUT2D eigenvalue weighted by Crippen LogP contribution is -2.25. The van der Waals surface area contributed by atoms with Crippen LogP contribution in [0.15, 0.2) is 24.3 Å². The van der Waals surface area contributed by atoms with Crippen LogP contribution in [0.4, 0.5) is 0 Å². The lowest BCUT2D eigenvalue weighted by Gasteiger charge is -2.13. The van der Waals surface area contributed by atoms with Gasteiger partial charge in [-0.2, -0.15) is 0 Å². The molecule has 0 bridgehead atoms. The number of hydrogen-bond donors (Lipinski definition) is 1. The van der Waals surface area contributed by atoms with E-state index >= 15 is 0 Å². The maximum Gasteiger partial charge on any atom is 0.344 e. The second kappa shape index (κ2) is 5.24.